The second-order valence-corrected chi connectivity index (χ2v) is 7.72. The van der Waals surface area contributed by atoms with Crippen LogP contribution in [0.5, 0.6) is 0 Å². The molecule has 0 heterocycles. The maximum atomic E-state index is 10.6. The van der Waals surface area contributed by atoms with Crippen LogP contribution in [0.4, 0.5) is 0 Å². The Morgan fingerprint density at radius 3 is 2.38 bits per heavy atom. The monoisotopic (exact) mass is 360 g/mol. The molecule has 0 fully saturated rings. The molecule has 26 heavy (non-hydrogen) atoms. The predicted octanol–water partition coefficient (Wildman–Crippen LogP) is 4.75. The number of hydrogen-bond acceptors (Lipinski definition) is 3. The van der Waals surface area contributed by atoms with Gasteiger partial charge in [-0.05, 0) is 31.7 Å². The van der Waals surface area contributed by atoms with Crippen molar-refractivity contribution in [2.75, 3.05) is 13.2 Å². The fourth-order valence-electron chi connectivity index (χ4n) is 3.18. The van der Waals surface area contributed by atoms with E-state index >= 15 is 0 Å². The van der Waals surface area contributed by atoms with Gasteiger partial charge in [0, 0.05) is 18.4 Å². The van der Waals surface area contributed by atoms with E-state index in [1.54, 1.807) is 0 Å². The van der Waals surface area contributed by atoms with Crippen molar-refractivity contribution in [3.8, 4) is 0 Å². The Hall–Kier alpha value is -1.42. The summed E-state index contributed by atoms with van der Waals surface area (Å²) in [5.41, 5.74) is 3.55. The molecule has 0 spiro atoms. The van der Waals surface area contributed by atoms with Crippen LogP contribution in [0.25, 0.3) is 0 Å². The highest BCUT2D eigenvalue weighted by Gasteiger charge is 2.20. The first-order valence-corrected chi connectivity index (χ1v) is 9.59. The number of benzene rings is 1. The van der Waals surface area contributed by atoms with Crippen molar-refractivity contribution in [3.63, 3.8) is 0 Å². The molecule has 1 aromatic rings. The summed E-state index contributed by atoms with van der Waals surface area (Å²) in [5, 5.41) is 19.7. The second kappa shape index (κ2) is 12.1. The first-order chi connectivity index (χ1) is 12.3. The van der Waals surface area contributed by atoms with Crippen molar-refractivity contribution in [3.05, 3.63) is 59.2 Å². The maximum absolute atomic E-state index is 10.6. The van der Waals surface area contributed by atoms with Gasteiger partial charge in [-0.15, -0.1) is 0 Å². The zero-order valence-electron chi connectivity index (χ0n) is 17.0. The van der Waals surface area contributed by atoms with Crippen molar-refractivity contribution in [2.24, 2.45) is 17.8 Å². The standard InChI is InChI=1S/C23H36O3/c1-17(12-19(3)14-24)11-18(2)13-20(4)23(25)21(5)15-26-16-22-9-7-6-8-10-22/h6-11,13,19-21,23-25H,12,14-16H2,1-5H3/b17-11+,18-13+/t19-,20-,21-,23-/m1/s1. The predicted molar refractivity (Wildman–Crippen MR) is 109 cm³/mol. The van der Waals surface area contributed by atoms with E-state index in [0.29, 0.717) is 13.2 Å². The molecule has 3 nitrogen and oxygen atoms in total. The first-order valence-electron chi connectivity index (χ1n) is 9.59. The molecular weight excluding hydrogens is 324 g/mol. The van der Waals surface area contributed by atoms with Crippen molar-refractivity contribution < 1.29 is 14.9 Å². The van der Waals surface area contributed by atoms with Gasteiger partial charge in [0.05, 0.1) is 19.3 Å². The maximum Gasteiger partial charge on any atom is 0.0717 e. The van der Waals surface area contributed by atoms with Crippen LogP contribution in [0, 0.1) is 17.8 Å². The van der Waals surface area contributed by atoms with E-state index < -0.39 is 6.10 Å². The Morgan fingerprint density at radius 1 is 1.12 bits per heavy atom. The van der Waals surface area contributed by atoms with Crippen molar-refractivity contribution in [1.29, 1.82) is 0 Å². The molecule has 146 valence electrons. The zero-order valence-corrected chi connectivity index (χ0v) is 17.0. The van der Waals surface area contributed by atoms with Gasteiger partial charge in [0.15, 0.2) is 0 Å². The summed E-state index contributed by atoms with van der Waals surface area (Å²) in [6.45, 7) is 11.6. The van der Waals surface area contributed by atoms with E-state index in [1.807, 2.05) is 51.1 Å². The molecule has 0 amide bonds. The van der Waals surface area contributed by atoms with E-state index in [1.165, 1.54) is 5.57 Å². The summed E-state index contributed by atoms with van der Waals surface area (Å²) in [4.78, 5) is 0. The van der Waals surface area contributed by atoms with Gasteiger partial charge in [-0.3, -0.25) is 0 Å². The lowest BCUT2D eigenvalue weighted by atomic mass is 9.92. The lowest BCUT2D eigenvalue weighted by Crippen LogP contribution is -2.28. The van der Waals surface area contributed by atoms with E-state index in [-0.39, 0.29) is 24.4 Å². The van der Waals surface area contributed by atoms with Gasteiger partial charge in [0.25, 0.3) is 0 Å². The van der Waals surface area contributed by atoms with Crippen LogP contribution in [0.3, 0.4) is 0 Å². The number of rotatable bonds is 11. The minimum Gasteiger partial charge on any atom is -0.396 e. The summed E-state index contributed by atoms with van der Waals surface area (Å²) >= 11 is 0. The van der Waals surface area contributed by atoms with Crippen LogP contribution in [-0.2, 0) is 11.3 Å². The lowest BCUT2D eigenvalue weighted by Gasteiger charge is -2.23. The topological polar surface area (TPSA) is 49.7 Å². The highest BCUT2D eigenvalue weighted by Crippen LogP contribution is 2.19. The molecule has 0 aromatic heterocycles. The molecule has 2 N–H and O–H groups in total. The van der Waals surface area contributed by atoms with Gasteiger partial charge in [-0.25, -0.2) is 0 Å². The van der Waals surface area contributed by atoms with E-state index in [2.05, 4.69) is 26.0 Å². The minimum absolute atomic E-state index is 0.0599. The Bertz CT molecular complexity index is 562. The highest BCUT2D eigenvalue weighted by molar-refractivity contribution is 5.22. The Labute approximate surface area is 159 Å². The largest absolute Gasteiger partial charge is 0.396 e. The molecule has 0 saturated carbocycles. The quantitative estimate of drug-likeness (QED) is 0.560. The Balaban J connectivity index is 2.48. The molecule has 0 aliphatic carbocycles. The van der Waals surface area contributed by atoms with Crippen LogP contribution in [0.1, 0.15) is 46.6 Å². The Kier molecular flexibility index (Phi) is 10.5. The van der Waals surface area contributed by atoms with Gasteiger partial charge in [-0.1, -0.05) is 74.4 Å². The average molecular weight is 361 g/mol. The molecule has 4 atom stereocenters. The SMILES string of the molecule is CC(=C\[C@@H](C)[C@@H](O)[C@H](C)COCc1ccccc1)/C=C(\C)C[C@@H](C)CO. The van der Waals surface area contributed by atoms with E-state index in [0.717, 1.165) is 17.6 Å². The van der Waals surface area contributed by atoms with Gasteiger partial charge in [0.2, 0.25) is 0 Å². The fraction of sp³-hybridized carbons (Fsp3) is 0.565. The molecule has 3 heteroatoms. The number of allylic oxidation sites excluding steroid dienone is 3. The minimum atomic E-state index is -0.439. The third kappa shape index (κ3) is 8.79. The zero-order chi connectivity index (χ0) is 19.5. The van der Waals surface area contributed by atoms with E-state index in [9.17, 15) is 5.11 Å². The smallest absolute Gasteiger partial charge is 0.0717 e. The molecule has 0 bridgehead atoms. The Morgan fingerprint density at radius 2 is 1.77 bits per heavy atom. The van der Waals surface area contributed by atoms with Crippen LogP contribution >= 0.6 is 0 Å². The average Bonchev–Trinajstić information content (AvgIpc) is 2.61. The summed E-state index contributed by atoms with van der Waals surface area (Å²) < 4.78 is 5.76. The van der Waals surface area contributed by atoms with Crippen molar-refractivity contribution >= 4 is 0 Å². The molecule has 0 aliphatic rings. The van der Waals surface area contributed by atoms with Crippen molar-refractivity contribution in [1.82, 2.24) is 0 Å². The fourth-order valence-corrected chi connectivity index (χ4v) is 3.18. The molecule has 1 aromatic carbocycles. The number of aliphatic hydroxyl groups is 2. The third-order valence-corrected chi connectivity index (χ3v) is 4.60. The second-order valence-electron chi connectivity index (χ2n) is 7.72. The normalized spacial score (nSPS) is 17.7. The van der Waals surface area contributed by atoms with Crippen LogP contribution < -0.4 is 0 Å². The molecule has 1 rings (SSSR count). The number of hydrogen-bond donors (Lipinski definition) is 2. The molecule has 0 radical (unpaired) electrons. The highest BCUT2D eigenvalue weighted by atomic mass is 16.5. The van der Waals surface area contributed by atoms with Crippen LogP contribution in [-0.4, -0.2) is 29.5 Å². The lowest BCUT2D eigenvalue weighted by molar-refractivity contribution is 0.0132. The van der Waals surface area contributed by atoms with Crippen LogP contribution in [0.15, 0.2) is 53.6 Å². The number of aliphatic hydroxyl groups excluding tert-OH is 2. The molecule has 0 saturated heterocycles. The number of ether oxygens (including phenoxy) is 1. The molecule has 0 aliphatic heterocycles. The molecule has 0 unspecified atom stereocenters. The summed E-state index contributed by atoms with van der Waals surface area (Å²) in [6, 6.07) is 10.1. The van der Waals surface area contributed by atoms with Gasteiger partial charge >= 0.3 is 0 Å². The van der Waals surface area contributed by atoms with E-state index in [4.69, 9.17) is 9.84 Å². The first kappa shape index (κ1) is 22.6. The van der Waals surface area contributed by atoms with Gasteiger partial charge in [-0.2, -0.15) is 0 Å². The molecular formula is C23H36O3. The van der Waals surface area contributed by atoms with Gasteiger partial charge in [0.1, 0.15) is 0 Å². The van der Waals surface area contributed by atoms with Crippen LogP contribution in [0.2, 0.25) is 0 Å². The summed E-state index contributed by atoms with van der Waals surface area (Å²) in [7, 11) is 0. The van der Waals surface area contributed by atoms with Gasteiger partial charge < -0.3 is 14.9 Å². The third-order valence-electron chi connectivity index (χ3n) is 4.60. The van der Waals surface area contributed by atoms with Crippen molar-refractivity contribution in [2.45, 2.75) is 53.8 Å². The summed E-state index contributed by atoms with van der Waals surface area (Å²) in [5.74, 6) is 0.408. The summed E-state index contributed by atoms with van der Waals surface area (Å²) in [6.07, 6.45) is 4.71.